The number of hydrogen-bond acceptors (Lipinski definition) is 3. The van der Waals surface area contributed by atoms with Crippen molar-refractivity contribution in [1.29, 1.82) is 0 Å². The second kappa shape index (κ2) is 6.05. The van der Waals surface area contributed by atoms with Crippen molar-refractivity contribution < 1.29 is 8.42 Å². The molecule has 6 heteroatoms. The molecule has 0 amide bonds. The third-order valence-electron chi connectivity index (χ3n) is 3.16. The largest absolute Gasteiger partial charge is 0.328 e. The van der Waals surface area contributed by atoms with Crippen LogP contribution in [0.1, 0.15) is 18.4 Å². The first-order valence-corrected chi connectivity index (χ1v) is 8.05. The maximum absolute atomic E-state index is 12.1. The molecule has 0 aliphatic carbocycles. The van der Waals surface area contributed by atoms with Gasteiger partial charge in [0.1, 0.15) is 0 Å². The number of sulfonamides is 1. The van der Waals surface area contributed by atoms with E-state index in [0.717, 1.165) is 5.56 Å². The Morgan fingerprint density at radius 2 is 1.79 bits per heavy atom. The SMILES string of the molecule is NC1CCN(S(=O)(=O)/C=C/c2ccc(Cl)cc2)CC1. The number of nitrogens with two attached hydrogens (primary N) is 1. The molecule has 0 saturated carbocycles. The lowest BCUT2D eigenvalue weighted by Gasteiger charge is -2.28. The first kappa shape index (κ1) is 14.5. The van der Waals surface area contributed by atoms with Gasteiger partial charge in [0.2, 0.25) is 10.0 Å². The molecule has 0 atom stereocenters. The van der Waals surface area contributed by atoms with E-state index in [2.05, 4.69) is 0 Å². The molecule has 0 unspecified atom stereocenters. The fourth-order valence-electron chi connectivity index (χ4n) is 1.95. The molecular weight excluding hydrogens is 284 g/mol. The minimum absolute atomic E-state index is 0.117. The first-order valence-electron chi connectivity index (χ1n) is 6.17. The molecule has 1 aromatic carbocycles. The molecule has 0 aromatic heterocycles. The van der Waals surface area contributed by atoms with E-state index < -0.39 is 10.0 Å². The minimum atomic E-state index is -3.35. The van der Waals surface area contributed by atoms with Gasteiger partial charge in [-0.1, -0.05) is 23.7 Å². The zero-order valence-corrected chi connectivity index (χ0v) is 12.1. The van der Waals surface area contributed by atoms with E-state index in [4.69, 9.17) is 17.3 Å². The number of piperidine rings is 1. The van der Waals surface area contributed by atoms with Crippen molar-refractivity contribution in [2.45, 2.75) is 18.9 Å². The van der Waals surface area contributed by atoms with Crippen LogP contribution in [-0.4, -0.2) is 31.9 Å². The highest BCUT2D eigenvalue weighted by molar-refractivity contribution is 7.92. The Bertz CT molecular complexity index is 547. The predicted octanol–water partition coefficient (Wildman–Crippen LogP) is 2.06. The molecule has 0 spiro atoms. The van der Waals surface area contributed by atoms with Crippen molar-refractivity contribution >= 4 is 27.7 Å². The quantitative estimate of drug-likeness (QED) is 0.929. The van der Waals surface area contributed by atoms with Gasteiger partial charge in [-0.15, -0.1) is 0 Å². The fourth-order valence-corrected chi connectivity index (χ4v) is 3.30. The molecule has 1 saturated heterocycles. The molecule has 0 bridgehead atoms. The Kier molecular flexibility index (Phi) is 4.62. The minimum Gasteiger partial charge on any atom is -0.328 e. The van der Waals surface area contributed by atoms with Crippen LogP contribution in [0.3, 0.4) is 0 Å². The third kappa shape index (κ3) is 4.04. The highest BCUT2D eigenvalue weighted by Gasteiger charge is 2.24. The smallest absolute Gasteiger partial charge is 0.236 e. The Morgan fingerprint density at radius 1 is 1.21 bits per heavy atom. The summed E-state index contributed by atoms with van der Waals surface area (Å²) in [5, 5.41) is 1.87. The van der Waals surface area contributed by atoms with E-state index in [0.29, 0.717) is 31.0 Å². The van der Waals surface area contributed by atoms with Crippen molar-refractivity contribution in [3.63, 3.8) is 0 Å². The molecule has 104 valence electrons. The molecule has 2 rings (SSSR count). The molecule has 1 aliphatic rings. The molecule has 1 aromatic rings. The Labute approximate surface area is 118 Å². The van der Waals surface area contributed by atoms with Crippen LogP contribution in [0, 0.1) is 0 Å². The predicted molar refractivity (Wildman–Crippen MR) is 78.2 cm³/mol. The summed E-state index contributed by atoms with van der Waals surface area (Å²) >= 11 is 5.77. The summed E-state index contributed by atoms with van der Waals surface area (Å²) in [7, 11) is -3.35. The number of hydrogen-bond donors (Lipinski definition) is 1. The maximum atomic E-state index is 12.1. The number of benzene rings is 1. The Morgan fingerprint density at radius 3 is 2.37 bits per heavy atom. The molecule has 4 nitrogen and oxygen atoms in total. The van der Waals surface area contributed by atoms with Gasteiger partial charge < -0.3 is 5.73 Å². The van der Waals surface area contributed by atoms with Gasteiger partial charge in [0.15, 0.2) is 0 Å². The second-order valence-electron chi connectivity index (χ2n) is 4.64. The average molecular weight is 301 g/mol. The highest BCUT2D eigenvalue weighted by Crippen LogP contribution is 2.16. The van der Waals surface area contributed by atoms with Gasteiger partial charge in [0.05, 0.1) is 0 Å². The normalized spacial score (nSPS) is 19.1. The van der Waals surface area contributed by atoms with Crippen molar-refractivity contribution in [3.8, 4) is 0 Å². The molecule has 0 radical (unpaired) electrons. The van der Waals surface area contributed by atoms with Gasteiger partial charge in [-0.3, -0.25) is 0 Å². The van der Waals surface area contributed by atoms with Crippen LogP contribution in [0.5, 0.6) is 0 Å². The lowest BCUT2D eigenvalue weighted by atomic mass is 10.1. The molecular formula is C13H17ClN2O2S. The number of rotatable bonds is 3. The third-order valence-corrected chi connectivity index (χ3v) is 4.98. The highest BCUT2D eigenvalue weighted by atomic mass is 35.5. The van der Waals surface area contributed by atoms with Crippen molar-refractivity contribution in [2.75, 3.05) is 13.1 Å². The van der Waals surface area contributed by atoms with Crippen molar-refractivity contribution in [2.24, 2.45) is 5.73 Å². The first-order chi connectivity index (χ1) is 8.97. The summed E-state index contributed by atoms with van der Waals surface area (Å²) in [5.74, 6) is 0. The van der Waals surface area contributed by atoms with Gasteiger partial charge in [-0.2, -0.15) is 4.31 Å². The zero-order chi connectivity index (χ0) is 13.9. The zero-order valence-electron chi connectivity index (χ0n) is 10.5. The lowest BCUT2D eigenvalue weighted by Crippen LogP contribution is -2.41. The van der Waals surface area contributed by atoms with Crippen molar-refractivity contribution in [3.05, 3.63) is 40.3 Å². The van der Waals surface area contributed by atoms with Gasteiger partial charge in [0, 0.05) is 29.6 Å². The van der Waals surface area contributed by atoms with E-state index in [9.17, 15) is 8.42 Å². The number of halogens is 1. The summed E-state index contributed by atoms with van der Waals surface area (Å²) in [5.41, 5.74) is 6.57. The van der Waals surface area contributed by atoms with Crippen LogP contribution in [0.4, 0.5) is 0 Å². The van der Waals surface area contributed by atoms with E-state index in [1.807, 2.05) is 0 Å². The summed E-state index contributed by atoms with van der Waals surface area (Å²) in [6, 6.07) is 7.13. The summed E-state index contributed by atoms with van der Waals surface area (Å²) in [6.45, 7) is 0.989. The van der Waals surface area contributed by atoms with Crippen LogP contribution in [-0.2, 0) is 10.0 Å². The van der Waals surface area contributed by atoms with Crippen LogP contribution in [0.25, 0.3) is 6.08 Å². The van der Waals surface area contributed by atoms with E-state index in [-0.39, 0.29) is 6.04 Å². The lowest BCUT2D eigenvalue weighted by molar-refractivity contribution is 0.323. The monoisotopic (exact) mass is 300 g/mol. The summed E-state index contributed by atoms with van der Waals surface area (Å²) in [4.78, 5) is 0. The molecule has 1 aliphatic heterocycles. The molecule has 1 fully saturated rings. The van der Waals surface area contributed by atoms with Crippen molar-refractivity contribution in [1.82, 2.24) is 4.31 Å². The Hall–Kier alpha value is -0.880. The van der Waals surface area contributed by atoms with E-state index in [1.54, 1.807) is 30.3 Å². The fraction of sp³-hybridized carbons (Fsp3) is 0.385. The molecule has 1 heterocycles. The molecule has 2 N–H and O–H groups in total. The van der Waals surface area contributed by atoms with E-state index >= 15 is 0 Å². The van der Waals surface area contributed by atoms with Crippen LogP contribution >= 0.6 is 11.6 Å². The van der Waals surface area contributed by atoms with Gasteiger partial charge >= 0.3 is 0 Å². The van der Waals surface area contributed by atoms with Crippen LogP contribution in [0.2, 0.25) is 5.02 Å². The molecule has 19 heavy (non-hydrogen) atoms. The van der Waals surface area contributed by atoms with Crippen LogP contribution in [0.15, 0.2) is 29.7 Å². The van der Waals surface area contributed by atoms with Gasteiger partial charge in [-0.05, 0) is 36.6 Å². The standard InChI is InChI=1S/C13H17ClN2O2S/c14-12-3-1-11(2-4-12)7-10-19(17,18)16-8-5-13(15)6-9-16/h1-4,7,10,13H,5-6,8-9,15H2/b10-7+. The van der Waals surface area contributed by atoms with Gasteiger partial charge in [0.25, 0.3) is 0 Å². The summed E-state index contributed by atoms with van der Waals surface area (Å²) < 4.78 is 25.7. The van der Waals surface area contributed by atoms with E-state index in [1.165, 1.54) is 9.71 Å². The number of nitrogens with zero attached hydrogens (tertiary/aromatic N) is 1. The summed E-state index contributed by atoms with van der Waals surface area (Å²) in [6.07, 6.45) is 3.02. The Balaban J connectivity index is 2.06. The van der Waals surface area contributed by atoms with Gasteiger partial charge in [-0.25, -0.2) is 8.42 Å². The topological polar surface area (TPSA) is 63.4 Å². The average Bonchev–Trinajstić information content (AvgIpc) is 2.39. The van der Waals surface area contributed by atoms with Crippen LogP contribution < -0.4 is 5.73 Å². The maximum Gasteiger partial charge on any atom is 0.236 e. The second-order valence-corrected chi connectivity index (χ2v) is 6.89.